The van der Waals surface area contributed by atoms with E-state index in [2.05, 4.69) is 0 Å². The molecule has 0 saturated carbocycles. The lowest BCUT2D eigenvalue weighted by Gasteiger charge is -2.13. The van der Waals surface area contributed by atoms with Gasteiger partial charge in [-0.1, -0.05) is 53.0 Å². The lowest BCUT2D eigenvalue weighted by Crippen LogP contribution is -2.27. The Hall–Kier alpha value is -2.97. The second kappa shape index (κ2) is 10.7. The van der Waals surface area contributed by atoms with Gasteiger partial charge in [0.15, 0.2) is 11.5 Å². The molecule has 0 spiro atoms. The first-order chi connectivity index (χ1) is 16.7. The number of amides is 2. The molecule has 178 valence electrons. The van der Waals surface area contributed by atoms with E-state index in [-0.39, 0.29) is 22.8 Å². The Labute approximate surface area is 220 Å². The van der Waals surface area contributed by atoms with Gasteiger partial charge in [0.05, 0.1) is 34.2 Å². The van der Waals surface area contributed by atoms with Gasteiger partial charge in [-0.15, -0.1) is 0 Å². The maximum Gasteiger partial charge on any atom is 0.343 e. The number of rotatable bonds is 6. The summed E-state index contributed by atoms with van der Waals surface area (Å²) in [5, 5.41) is 0.714. The van der Waals surface area contributed by atoms with E-state index in [0.717, 1.165) is 16.7 Å². The highest BCUT2D eigenvalue weighted by Crippen LogP contribution is 2.36. The molecule has 3 aromatic rings. The van der Waals surface area contributed by atoms with Crippen LogP contribution in [-0.4, -0.2) is 29.1 Å². The van der Waals surface area contributed by atoms with E-state index < -0.39 is 17.1 Å². The lowest BCUT2D eigenvalue weighted by atomic mass is 10.1. The van der Waals surface area contributed by atoms with E-state index >= 15 is 0 Å². The zero-order valence-electron chi connectivity index (χ0n) is 18.1. The maximum atomic E-state index is 12.9. The van der Waals surface area contributed by atoms with Crippen LogP contribution in [0.2, 0.25) is 15.1 Å². The number of thioether (sulfide) groups is 1. The number of esters is 1. The van der Waals surface area contributed by atoms with Crippen LogP contribution in [0.25, 0.3) is 6.08 Å². The molecule has 1 saturated heterocycles. The van der Waals surface area contributed by atoms with Crippen molar-refractivity contribution in [3.05, 3.63) is 97.3 Å². The van der Waals surface area contributed by atoms with Gasteiger partial charge >= 0.3 is 5.97 Å². The summed E-state index contributed by atoms with van der Waals surface area (Å²) >= 11 is 18.8. The number of hydrogen-bond donors (Lipinski definition) is 0. The fourth-order valence-electron chi connectivity index (χ4n) is 3.25. The molecule has 1 aliphatic rings. The van der Waals surface area contributed by atoms with Gasteiger partial charge in [0.2, 0.25) is 0 Å². The first-order valence-electron chi connectivity index (χ1n) is 10.1. The molecule has 6 nitrogen and oxygen atoms in total. The van der Waals surface area contributed by atoms with Crippen molar-refractivity contribution in [3.63, 3.8) is 0 Å². The number of ether oxygens (including phenoxy) is 2. The van der Waals surface area contributed by atoms with E-state index in [1.54, 1.807) is 60.7 Å². The second-order valence-corrected chi connectivity index (χ2v) is 9.57. The predicted molar refractivity (Wildman–Crippen MR) is 137 cm³/mol. The van der Waals surface area contributed by atoms with Gasteiger partial charge < -0.3 is 9.47 Å². The molecule has 1 aliphatic heterocycles. The fourth-order valence-corrected chi connectivity index (χ4v) is 4.59. The Balaban J connectivity index is 1.56. The fraction of sp³-hybridized carbons (Fsp3) is 0.0800. The Kier molecular flexibility index (Phi) is 7.72. The average Bonchev–Trinajstić information content (AvgIpc) is 3.09. The van der Waals surface area contributed by atoms with Crippen LogP contribution in [0, 0.1) is 0 Å². The minimum atomic E-state index is -0.620. The maximum absolute atomic E-state index is 12.9. The molecule has 1 heterocycles. The highest BCUT2D eigenvalue weighted by atomic mass is 35.5. The number of carbonyl (C=O) groups excluding carboxylic acids is 3. The molecule has 0 aliphatic carbocycles. The Morgan fingerprint density at radius 2 is 1.77 bits per heavy atom. The van der Waals surface area contributed by atoms with Gasteiger partial charge in [0.1, 0.15) is 0 Å². The van der Waals surface area contributed by atoms with E-state index in [4.69, 9.17) is 44.3 Å². The summed E-state index contributed by atoms with van der Waals surface area (Å²) < 4.78 is 10.8. The Morgan fingerprint density at radius 3 is 2.49 bits per heavy atom. The molecule has 0 unspecified atom stereocenters. The molecule has 3 aromatic carbocycles. The van der Waals surface area contributed by atoms with Crippen LogP contribution in [-0.2, 0) is 11.3 Å². The molecular weight excluding hydrogens is 533 g/mol. The molecule has 10 heteroatoms. The third-order valence-electron chi connectivity index (χ3n) is 4.95. The van der Waals surface area contributed by atoms with Crippen LogP contribution in [0.15, 0.2) is 65.6 Å². The summed E-state index contributed by atoms with van der Waals surface area (Å²) in [6.07, 6.45) is 1.55. The molecule has 4 rings (SSSR count). The monoisotopic (exact) mass is 547 g/mol. The van der Waals surface area contributed by atoms with Crippen molar-refractivity contribution in [1.82, 2.24) is 4.90 Å². The lowest BCUT2D eigenvalue weighted by molar-refractivity contribution is -0.123. The number of benzene rings is 3. The van der Waals surface area contributed by atoms with Gasteiger partial charge in [-0.3, -0.25) is 14.5 Å². The molecule has 0 aromatic heterocycles. The van der Waals surface area contributed by atoms with Crippen LogP contribution in [0.3, 0.4) is 0 Å². The molecule has 2 amide bonds. The first kappa shape index (κ1) is 25.1. The van der Waals surface area contributed by atoms with Crippen LogP contribution < -0.4 is 9.47 Å². The topological polar surface area (TPSA) is 72.9 Å². The van der Waals surface area contributed by atoms with E-state index in [1.807, 2.05) is 0 Å². The summed E-state index contributed by atoms with van der Waals surface area (Å²) in [6, 6.07) is 16.1. The van der Waals surface area contributed by atoms with Crippen LogP contribution in [0.4, 0.5) is 4.79 Å². The molecule has 0 radical (unpaired) electrons. The standard InChI is InChI=1S/C25H16Cl3NO5S/c1-33-20-8-6-14(10-21(20)34-24(31)16-3-2-4-17(26)12-16)11-22-23(30)29(25(32)35-22)13-15-5-7-18(27)19(28)9-15/h2-12H,13H2,1H3/b22-11-. The normalized spacial score (nSPS) is 14.5. The minimum absolute atomic E-state index is 0.0595. The Morgan fingerprint density at radius 1 is 0.971 bits per heavy atom. The van der Waals surface area contributed by atoms with Crippen LogP contribution >= 0.6 is 46.6 Å². The summed E-state index contributed by atoms with van der Waals surface area (Å²) in [5.74, 6) is -0.587. The molecule has 0 bridgehead atoms. The van der Waals surface area contributed by atoms with Crippen LogP contribution in [0.1, 0.15) is 21.5 Å². The largest absolute Gasteiger partial charge is 0.493 e. The second-order valence-electron chi connectivity index (χ2n) is 7.33. The van der Waals surface area contributed by atoms with Gasteiger partial charge in [0, 0.05) is 5.02 Å². The summed E-state index contributed by atoms with van der Waals surface area (Å²) in [7, 11) is 1.44. The summed E-state index contributed by atoms with van der Waals surface area (Å²) in [4.78, 5) is 39.3. The minimum Gasteiger partial charge on any atom is -0.493 e. The molecule has 0 atom stereocenters. The zero-order valence-corrected chi connectivity index (χ0v) is 21.2. The van der Waals surface area contributed by atoms with Gasteiger partial charge in [0.25, 0.3) is 11.1 Å². The van der Waals surface area contributed by atoms with E-state index in [1.165, 1.54) is 13.2 Å². The molecule has 1 fully saturated rings. The number of halogens is 3. The SMILES string of the molecule is COc1ccc(/C=C2\SC(=O)N(Cc3ccc(Cl)c(Cl)c3)C2=O)cc1OC(=O)c1cccc(Cl)c1. The summed E-state index contributed by atoms with van der Waals surface area (Å²) in [6.45, 7) is 0.0595. The number of nitrogens with zero attached hydrogens (tertiary/aromatic N) is 1. The van der Waals surface area contributed by atoms with Crippen LogP contribution in [0.5, 0.6) is 11.5 Å². The van der Waals surface area contributed by atoms with Crippen molar-refractivity contribution in [2.75, 3.05) is 7.11 Å². The van der Waals surface area contributed by atoms with E-state index in [9.17, 15) is 14.4 Å². The van der Waals surface area contributed by atoms with Crippen molar-refractivity contribution < 1.29 is 23.9 Å². The predicted octanol–water partition coefficient (Wildman–Crippen LogP) is 7.11. The van der Waals surface area contributed by atoms with Gasteiger partial charge in [-0.25, -0.2) is 4.79 Å². The third-order valence-corrected chi connectivity index (χ3v) is 6.83. The summed E-state index contributed by atoms with van der Waals surface area (Å²) in [5.41, 5.74) is 1.48. The van der Waals surface area contributed by atoms with Crippen molar-refractivity contribution in [2.24, 2.45) is 0 Å². The zero-order chi connectivity index (χ0) is 25.1. The highest BCUT2D eigenvalue weighted by Gasteiger charge is 2.35. The van der Waals surface area contributed by atoms with Crippen molar-refractivity contribution >= 4 is 69.8 Å². The average molecular weight is 549 g/mol. The van der Waals surface area contributed by atoms with E-state index in [0.29, 0.717) is 31.9 Å². The number of hydrogen-bond acceptors (Lipinski definition) is 6. The molecule has 0 N–H and O–H groups in total. The van der Waals surface area contributed by atoms with Gasteiger partial charge in [-0.05, 0) is 71.4 Å². The Bertz CT molecular complexity index is 1370. The van der Waals surface area contributed by atoms with Crippen molar-refractivity contribution in [3.8, 4) is 11.5 Å². The van der Waals surface area contributed by atoms with Crippen molar-refractivity contribution in [2.45, 2.75) is 6.54 Å². The highest BCUT2D eigenvalue weighted by molar-refractivity contribution is 8.18. The molecular formula is C25H16Cl3NO5S. The number of methoxy groups -OCH3 is 1. The molecule has 35 heavy (non-hydrogen) atoms. The first-order valence-corrected chi connectivity index (χ1v) is 12.1. The number of carbonyl (C=O) groups is 3. The number of imide groups is 1. The quantitative estimate of drug-likeness (QED) is 0.186. The van der Waals surface area contributed by atoms with Gasteiger partial charge in [-0.2, -0.15) is 0 Å². The smallest absolute Gasteiger partial charge is 0.343 e. The third kappa shape index (κ3) is 5.82. The van der Waals surface area contributed by atoms with Crippen molar-refractivity contribution in [1.29, 1.82) is 0 Å².